The number of alkyl halides is 3. The summed E-state index contributed by atoms with van der Waals surface area (Å²) in [6.07, 6.45) is -1.18. The Morgan fingerprint density at radius 1 is 1.41 bits per heavy atom. The zero-order valence-electron chi connectivity index (χ0n) is 17.1. The van der Waals surface area contributed by atoms with Crippen LogP contribution in [-0.4, -0.2) is 58.8 Å². The van der Waals surface area contributed by atoms with E-state index in [-0.39, 0.29) is 38.9 Å². The van der Waals surface area contributed by atoms with Gasteiger partial charge >= 0.3 is 12.1 Å². The number of fused-ring (bicyclic) bond motifs is 1. The Labute approximate surface area is 196 Å². The van der Waals surface area contributed by atoms with Crippen molar-refractivity contribution < 1.29 is 32.6 Å². The topological polar surface area (TPSA) is 132 Å². The Kier molecular flexibility index (Phi) is 11.5. The third-order valence-electron chi connectivity index (χ3n) is 4.66. The van der Waals surface area contributed by atoms with Crippen LogP contribution in [0.5, 0.6) is 5.75 Å². The SMILES string of the molecule is COc1ccc2[nH]cc(C[C@H](N)C(=O)N3CCC[C@H]3C#N)c2c1.O=C(O)C(F)(F)F.S.S. The third-order valence-corrected chi connectivity index (χ3v) is 4.66. The summed E-state index contributed by atoms with van der Waals surface area (Å²) in [6.45, 7) is 0.618. The molecule has 2 atom stereocenters. The molecule has 13 heteroatoms. The highest BCUT2D eigenvalue weighted by Crippen LogP contribution is 2.25. The van der Waals surface area contributed by atoms with Crippen molar-refractivity contribution in [2.75, 3.05) is 13.7 Å². The van der Waals surface area contributed by atoms with Gasteiger partial charge in [0.15, 0.2) is 0 Å². The second-order valence-corrected chi connectivity index (χ2v) is 6.66. The number of carbonyl (C=O) groups excluding carboxylic acids is 1. The fraction of sp³-hybridized carbons (Fsp3) is 0.421. The van der Waals surface area contributed by atoms with Gasteiger partial charge in [0.25, 0.3) is 0 Å². The molecular formula is C19H25F3N4O4S2. The van der Waals surface area contributed by atoms with Crippen LogP contribution in [-0.2, 0) is 16.0 Å². The summed E-state index contributed by atoms with van der Waals surface area (Å²) < 4.78 is 37.0. The van der Waals surface area contributed by atoms with Crippen LogP contribution in [0.2, 0.25) is 0 Å². The Balaban J connectivity index is 0.000000936. The number of carboxylic acid groups (broad SMARTS) is 1. The molecule has 0 aliphatic carbocycles. The molecule has 8 nitrogen and oxygen atoms in total. The van der Waals surface area contributed by atoms with Crippen LogP contribution in [0, 0.1) is 11.3 Å². The number of hydrogen-bond donors (Lipinski definition) is 3. The highest BCUT2D eigenvalue weighted by atomic mass is 32.1. The van der Waals surface area contributed by atoms with Gasteiger partial charge in [-0.2, -0.15) is 45.4 Å². The molecule has 0 bridgehead atoms. The number of benzene rings is 1. The van der Waals surface area contributed by atoms with Crippen molar-refractivity contribution >= 4 is 49.8 Å². The van der Waals surface area contributed by atoms with Gasteiger partial charge in [0.2, 0.25) is 5.91 Å². The number of aromatic nitrogens is 1. The van der Waals surface area contributed by atoms with Crippen LogP contribution >= 0.6 is 27.0 Å². The number of amides is 1. The summed E-state index contributed by atoms with van der Waals surface area (Å²) in [4.78, 5) is 26.2. The smallest absolute Gasteiger partial charge is 0.490 e. The van der Waals surface area contributed by atoms with Gasteiger partial charge in [-0.3, -0.25) is 4.79 Å². The molecule has 0 saturated carbocycles. The zero-order chi connectivity index (χ0) is 22.5. The van der Waals surface area contributed by atoms with Gasteiger partial charge in [0.05, 0.1) is 19.2 Å². The molecule has 2 aromatic rings. The normalized spacial score (nSPS) is 16.0. The van der Waals surface area contributed by atoms with Crippen molar-refractivity contribution in [1.29, 1.82) is 5.26 Å². The first kappa shape index (κ1) is 29.4. The fourth-order valence-corrected chi connectivity index (χ4v) is 3.16. The van der Waals surface area contributed by atoms with Crippen LogP contribution in [0.25, 0.3) is 10.9 Å². The van der Waals surface area contributed by atoms with E-state index in [1.807, 2.05) is 24.4 Å². The number of carbonyl (C=O) groups is 2. The van der Waals surface area contributed by atoms with Gasteiger partial charge in [0.1, 0.15) is 11.8 Å². The predicted molar refractivity (Wildman–Crippen MR) is 121 cm³/mol. The molecule has 0 unspecified atom stereocenters. The van der Waals surface area contributed by atoms with Gasteiger partial charge in [-0.05, 0) is 43.0 Å². The molecular weight excluding hydrogens is 469 g/mol. The van der Waals surface area contributed by atoms with E-state index in [1.54, 1.807) is 12.0 Å². The number of nitrogens with one attached hydrogen (secondary N) is 1. The van der Waals surface area contributed by atoms with Gasteiger partial charge in [-0.1, -0.05) is 0 Å². The maximum Gasteiger partial charge on any atom is 0.490 e. The Hall–Kier alpha value is -2.56. The van der Waals surface area contributed by atoms with Gasteiger partial charge < -0.3 is 25.5 Å². The van der Waals surface area contributed by atoms with Gasteiger partial charge in [-0.15, -0.1) is 0 Å². The van der Waals surface area contributed by atoms with E-state index in [0.717, 1.165) is 35.1 Å². The van der Waals surface area contributed by atoms with E-state index >= 15 is 0 Å². The molecule has 1 aromatic heterocycles. The summed E-state index contributed by atoms with van der Waals surface area (Å²) in [6, 6.07) is 6.96. The molecule has 1 aliphatic rings. The molecule has 1 aliphatic heterocycles. The van der Waals surface area contributed by atoms with Crippen LogP contribution in [0.15, 0.2) is 24.4 Å². The predicted octanol–water partition coefficient (Wildman–Crippen LogP) is 2.42. The number of halogens is 3. The summed E-state index contributed by atoms with van der Waals surface area (Å²) in [7, 11) is 1.62. The number of rotatable bonds is 4. The summed E-state index contributed by atoms with van der Waals surface area (Å²) in [5.74, 6) is -2.14. The zero-order valence-corrected chi connectivity index (χ0v) is 19.1. The Morgan fingerprint density at radius 3 is 2.56 bits per heavy atom. The number of aromatic amines is 1. The largest absolute Gasteiger partial charge is 0.497 e. The lowest BCUT2D eigenvalue weighted by Crippen LogP contribution is -2.46. The minimum Gasteiger partial charge on any atom is -0.497 e. The second-order valence-electron chi connectivity index (χ2n) is 6.66. The number of likely N-dealkylation sites (tertiary alicyclic amines) is 1. The highest BCUT2D eigenvalue weighted by molar-refractivity contribution is 7.59. The van der Waals surface area contributed by atoms with Crippen molar-refractivity contribution in [3.8, 4) is 11.8 Å². The lowest BCUT2D eigenvalue weighted by molar-refractivity contribution is -0.192. The van der Waals surface area contributed by atoms with Crippen molar-refractivity contribution in [3.05, 3.63) is 30.0 Å². The number of hydrogen-bond acceptors (Lipinski definition) is 5. The standard InChI is InChI=1S/C17H20N4O2.C2HF3O2.2H2S/c1-23-13-4-5-16-14(8-13)11(10-20-16)7-15(19)17(22)21-6-2-3-12(21)9-18;3-2(4,5)1(6)7;;/h4-5,8,10,12,15,20H,2-3,6-7,19H2,1H3;(H,6,7);2*1H2/t12-,15-;;;/m0.../s1. The lowest BCUT2D eigenvalue weighted by Gasteiger charge is -2.23. The van der Waals surface area contributed by atoms with E-state index in [9.17, 15) is 18.0 Å². The number of nitrogens with two attached hydrogens (primary N) is 1. The van der Waals surface area contributed by atoms with E-state index in [2.05, 4.69) is 11.1 Å². The number of carboxylic acids is 1. The first-order valence-electron chi connectivity index (χ1n) is 8.98. The fourth-order valence-electron chi connectivity index (χ4n) is 3.16. The van der Waals surface area contributed by atoms with E-state index in [1.165, 1.54) is 0 Å². The molecule has 1 amide bonds. The van der Waals surface area contributed by atoms with E-state index < -0.39 is 18.2 Å². The van der Waals surface area contributed by atoms with Crippen molar-refractivity contribution in [2.45, 2.75) is 37.5 Å². The summed E-state index contributed by atoms with van der Waals surface area (Å²) >= 11 is 0. The number of ether oxygens (including phenoxy) is 1. The number of H-pyrrole nitrogens is 1. The molecule has 32 heavy (non-hydrogen) atoms. The summed E-state index contributed by atoms with van der Waals surface area (Å²) in [5, 5.41) is 17.2. The van der Waals surface area contributed by atoms with Crippen molar-refractivity contribution in [2.24, 2.45) is 5.73 Å². The molecule has 4 N–H and O–H groups in total. The average molecular weight is 495 g/mol. The maximum atomic E-state index is 12.5. The quantitative estimate of drug-likeness (QED) is 0.598. The molecule has 1 saturated heterocycles. The Bertz CT molecular complexity index is 962. The van der Waals surface area contributed by atoms with E-state index in [0.29, 0.717) is 13.0 Å². The summed E-state index contributed by atoms with van der Waals surface area (Å²) in [5.41, 5.74) is 8.08. The second kappa shape index (κ2) is 12.5. The van der Waals surface area contributed by atoms with E-state index in [4.69, 9.17) is 25.6 Å². The maximum absolute atomic E-state index is 12.5. The third kappa shape index (κ3) is 7.25. The molecule has 1 fully saturated rings. The molecule has 1 aromatic carbocycles. The number of nitrogens with zero attached hydrogens (tertiary/aromatic N) is 2. The van der Waals surface area contributed by atoms with Gasteiger partial charge in [-0.25, -0.2) is 4.79 Å². The molecule has 3 rings (SSSR count). The van der Waals surface area contributed by atoms with Crippen LogP contribution in [0.3, 0.4) is 0 Å². The van der Waals surface area contributed by atoms with Crippen molar-refractivity contribution in [3.63, 3.8) is 0 Å². The van der Waals surface area contributed by atoms with Crippen LogP contribution in [0.1, 0.15) is 18.4 Å². The molecule has 178 valence electrons. The minimum atomic E-state index is -5.08. The van der Waals surface area contributed by atoms with Crippen LogP contribution < -0.4 is 10.5 Å². The first-order chi connectivity index (χ1) is 14.1. The van der Waals surface area contributed by atoms with Gasteiger partial charge in [0, 0.05) is 23.6 Å². The average Bonchev–Trinajstić information content (AvgIpc) is 3.33. The first-order valence-corrected chi connectivity index (χ1v) is 8.98. The molecule has 0 radical (unpaired) electrons. The van der Waals surface area contributed by atoms with Crippen LogP contribution in [0.4, 0.5) is 13.2 Å². The minimum absolute atomic E-state index is 0. The molecule has 0 spiro atoms. The van der Waals surface area contributed by atoms with Crippen molar-refractivity contribution in [1.82, 2.24) is 9.88 Å². The monoisotopic (exact) mass is 494 g/mol. The number of methoxy groups -OCH3 is 1. The number of aliphatic carboxylic acids is 1. The number of nitriles is 1. The Morgan fingerprint density at radius 2 is 2.03 bits per heavy atom. The molecule has 2 heterocycles. The highest BCUT2D eigenvalue weighted by Gasteiger charge is 2.38. The lowest BCUT2D eigenvalue weighted by atomic mass is 10.0.